The van der Waals surface area contributed by atoms with Crippen molar-refractivity contribution in [2.24, 2.45) is 0 Å². The first-order chi connectivity index (χ1) is 18.4. The molecule has 0 N–H and O–H groups in total. The number of fused-ring (bicyclic) bond motifs is 1. The zero-order chi connectivity index (χ0) is 29.7. The van der Waals surface area contributed by atoms with E-state index in [1.165, 1.54) is 12.1 Å². The van der Waals surface area contributed by atoms with E-state index in [4.69, 9.17) is 0 Å². The average molecular weight is 597 g/mol. The lowest BCUT2D eigenvalue weighted by molar-refractivity contribution is -0.382. The van der Waals surface area contributed by atoms with E-state index in [2.05, 4.69) is 4.18 Å². The van der Waals surface area contributed by atoms with Crippen LogP contribution in [-0.2, 0) is 16.5 Å². The van der Waals surface area contributed by atoms with Crippen LogP contribution in [0.4, 0.5) is 39.5 Å². The molecule has 3 nitrogen and oxygen atoms in total. The molecule has 0 radical (unpaired) electrons. The van der Waals surface area contributed by atoms with Gasteiger partial charge in [-0.15, -0.1) is 0 Å². The van der Waals surface area contributed by atoms with Crippen LogP contribution >= 0.6 is 0 Å². The van der Waals surface area contributed by atoms with E-state index in [1.807, 2.05) is 55.5 Å². The quantitative estimate of drug-likeness (QED) is 0.205. The fourth-order valence-corrected chi connectivity index (χ4v) is 5.76. The van der Waals surface area contributed by atoms with Crippen LogP contribution < -0.4 is 4.18 Å². The first-order valence-corrected chi connectivity index (χ1v) is 13.2. The van der Waals surface area contributed by atoms with Crippen LogP contribution in [0.15, 0.2) is 72.8 Å². The molecule has 40 heavy (non-hydrogen) atoms. The van der Waals surface area contributed by atoms with Crippen molar-refractivity contribution in [3.05, 3.63) is 101 Å². The van der Waals surface area contributed by atoms with Gasteiger partial charge in [0.25, 0.3) is 0 Å². The van der Waals surface area contributed by atoms with Crippen LogP contribution in [-0.4, -0.2) is 31.7 Å². The van der Waals surface area contributed by atoms with Gasteiger partial charge in [0.1, 0.15) is 5.75 Å². The summed E-state index contributed by atoms with van der Waals surface area (Å²) in [5.41, 5.74) is 4.61. The highest BCUT2D eigenvalue weighted by atomic mass is 32.2. The van der Waals surface area contributed by atoms with Crippen molar-refractivity contribution in [1.29, 1.82) is 0 Å². The molecular weight excluding hydrogens is 575 g/mol. The zero-order valence-corrected chi connectivity index (χ0v) is 21.3. The summed E-state index contributed by atoms with van der Waals surface area (Å²) in [7, 11) is -7.02. The molecule has 1 aliphatic carbocycles. The number of hydrogen-bond donors (Lipinski definition) is 0. The molecule has 0 saturated heterocycles. The third-order valence-electron chi connectivity index (χ3n) is 6.86. The van der Waals surface area contributed by atoms with Gasteiger partial charge in [0.2, 0.25) is 0 Å². The van der Waals surface area contributed by atoms with E-state index < -0.39 is 39.1 Å². The van der Waals surface area contributed by atoms with Crippen LogP contribution in [0.5, 0.6) is 5.75 Å². The Hall–Kier alpha value is -3.22. The Morgan fingerprint density at radius 1 is 0.750 bits per heavy atom. The number of aryl methyl sites for hydroxylation is 2. The summed E-state index contributed by atoms with van der Waals surface area (Å²) in [6.07, 6.45) is -5.67. The summed E-state index contributed by atoms with van der Waals surface area (Å²) < 4.78 is 147. The van der Waals surface area contributed by atoms with Gasteiger partial charge in [0, 0.05) is 5.92 Å². The highest BCUT2D eigenvalue weighted by molar-refractivity contribution is 7.88. The summed E-state index contributed by atoms with van der Waals surface area (Å²) >= 11 is 0. The third-order valence-corrected chi connectivity index (χ3v) is 8.16. The van der Waals surface area contributed by atoms with Gasteiger partial charge in [-0.25, -0.2) is 0 Å². The molecular formula is C27H21F9O3S. The van der Waals surface area contributed by atoms with Crippen LogP contribution in [0.3, 0.4) is 0 Å². The molecule has 0 spiro atoms. The lowest BCUT2D eigenvalue weighted by atomic mass is 9.69. The molecule has 0 fully saturated rings. The van der Waals surface area contributed by atoms with E-state index in [1.54, 1.807) is 0 Å². The van der Waals surface area contributed by atoms with Gasteiger partial charge in [-0.3, -0.25) is 0 Å². The van der Waals surface area contributed by atoms with Gasteiger partial charge in [0.05, 0.1) is 0 Å². The van der Waals surface area contributed by atoms with Crippen LogP contribution in [0.1, 0.15) is 46.1 Å². The number of alkyl halides is 9. The van der Waals surface area contributed by atoms with Gasteiger partial charge >= 0.3 is 33.4 Å². The van der Waals surface area contributed by atoms with Crippen molar-refractivity contribution >= 4 is 10.1 Å². The minimum atomic E-state index is -7.37. The largest absolute Gasteiger partial charge is 0.460 e. The molecule has 0 aromatic heterocycles. The molecule has 0 saturated carbocycles. The number of benzene rings is 3. The topological polar surface area (TPSA) is 43.4 Å². The van der Waals surface area contributed by atoms with Crippen molar-refractivity contribution in [2.75, 3.05) is 0 Å². The molecule has 1 aliphatic rings. The van der Waals surface area contributed by atoms with Crippen LogP contribution in [0, 0.1) is 6.92 Å². The molecule has 0 aliphatic heterocycles. The lowest BCUT2D eigenvalue weighted by Crippen LogP contribution is -2.63. The Kier molecular flexibility index (Phi) is 7.44. The molecule has 3 aromatic carbocycles. The first kappa shape index (κ1) is 29.8. The summed E-state index contributed by atoms with van der Waals surface area (Å²) in [4.78, 5) is 0. The monoisotopic (exact) mass is 596 g/mol. The minimum absolute atomic E-state index is 0.0560. The zero-order valence-electron chi connectivity index (χ0n) is 20.5. The van der Waals surface area contributed by atoms with Gasteiger partial charge in [-0.2, -0.15) is 47.9 Å². The van der Waals surface area contributed by atoms with E-state index in [-0.39, 0.29) is 11.8 Å². The highest BCUT2D eigenvalue weighted by Gasteiger charge is 2.86. The highest BCUT2D eigenvalue weighted by Crippen LogP contribution is 2.55. The Morgan fingerprint density at radius 3 is 1.93 bits per heavy atom. The number of halogens is 9. The second kappa shape index (κ2) is 10.0. The Balaban J connectivity index is 1.68. The van der Waals surface area contributed by atoms with E-state index >= 15 is 0 Å². The third kappa shape index (κ3) is 4.92. The summed E-state index contributed by atoms with van der Waals surface area (Å²) in [5, 5.41) is -6.93. The van der Waals surface area contributed by atoms with Crippen molar-refractivity contribution in [3.8, 4) is 5.75 Å². The van der Waals surface area contributed by atoms with E-state index in [0.29, 0.717) is 5.56 Å². The lowest BCUT2D eigenvalue weighted by Gasteiger charge is -2.35. The summed E-state index contributed by atoms with van der Waals surface area (Å²) in [6.45, 7) is 1.93. The van der Waals surface area contributed by atoms with Gasteiger partial charge in [-0.1, -0.05) is 66.2 Å². The molecule has 1 unspecified atom stereocenters. The molecule has 2 atom stereocenters. The summed E-state index contributed by atoms with van der Waals surface area (Å²) in [5.74, 6) is -16.1. The Morgan fingerprint density at radius 2 is 1.35 bits per heavy atom. The normalized spacial score (nSPS) is 18.8. The molecule has 4 rings (SSSR count). The number of rotatable bonds is 7. The second-order valence-corrected chi connectivity index (χ2v) is 11.1. The second-order valence-electron chi connectivity index (χ2n) is 9.51. The predicted molar refractivity (Wildman–Crippen MR) is 127 cm³/mol. The average Bonchev–Trinajstić information content (AvgIpc) is 2.87. The van der Waals surface area contributed by atoms with Crippen molar-refractivity contribution in [3.63, 3.8) is 0 Å². The van der Waals surface area contributed by atoms with Gasteiger partial charge in [-0.05, 0) is 60.1 Å². The fraction of sp³-hybridized carbons (Fsp3) is 0.333. The Labute approximate surface area is 223 Å². The molecule has 0 heterocycles. The molecule has 0 amide bonds. The smallest absolute Gasteiger partial charge is 0.378 e. The maximum absolute atomic E-state index is 14.1. The van der Waals surface area contributed by atoms with Gasteiger partial charge in [0.15, 0.2) is 0 Å². The number of hydrogen-bond acceptors (Lipinski definition) is 3. The Bertz CT molecular complexity index is 1470. The predicted octanol–water partition coefficient (Wildman–Crippen LogP) is 7.99. The minimum Gasteiger partial charge on any atom is -0.378 e. The molecule has 13 heteroatoms. The molecule has 3 aromatic rings. The van der Waals surface area contributed by atoms with Crippen LogP contribution in [0.2, 0.25) is 0 Å². The summed E-state index contributed by atoms with van der Waals surface area (Å²) in [6, 6.07) is 19.5. The van der Waals surface area contributed by atoms with E-state index in [9.17, 15) is 47.9 Å². The van der Waals surface area contributed by atoms with Crippen molar-refractivity contribution in [2.45, 2.75) is 54.9 Å². The van der Waals surface area contributed by atoms with Crippen molar-refractivity contribution in [1.82, 2.24) is 0 Å². The molecule has 0 bridgehead atoms. The van der Waals surface area contributed by atoms with E-state index in [0.717, 1.165) is 47.2 Å². The van der Waals surface area contributed by atoms with Crippen molar-refractivity contribution < 1.29 is 52.1 Å². The first-order valence-electron chi connectivity index (χ1n) is 11.8. The maximum atomic E-state index is 14.1. The standard InChI is InChI=1S/C27H21F9O3S/c1-16-7-13-22-19(15-16)10-14-21(17-5-3-2-4-6-17)23(22)18-8-11-20(12-9-18)39-40(37,38)27(35,36)25(30,31)24(28,29)26(32,33)34/h2-9,11-13,15,21,23H,10,14H2,1H3/t21?,23-/m0/s1. The molecule has 216 valence electrons. The van der Waals surface area contributed by atoms with Gasteiger partial charge < -0.3 is 4.18 Å². The SMILES string of the molecule is Cc1ccc2c(c1)CCC(c1ccccc1)[C@@H]2c1ccc(OS(=O)(=O)C(F)(F)C(F)(F)C(F)(F)C(F)(F)F)cc1. The maximum Gasteiger partial charge on any atom is 0.460 e. The van der Waals surface area contributed by atoms with Crippen LogP contribution in [0.25, 0.3) is 0 Å². The fourth-order valence-electron chi connectivity index (χ4n) is 4.85.